The van der Waals surface area contributed by atoms with Crippen LogP contribution in [0, 0.1) is 5.82 Å². The fourth-order valence-electron chi connectivity index (χ4n) is 1.52. The van der Waals surface area contributed by atoms with Crippen LogP contribution < -0.4 is 10.1 Å². The summed E-state index contributed by atoms with van der Waals surface area (Å²) in [5.74, 6) is 0.0888. The van der Waals surface area contributed by atoms with Crippen LogP contribution in [0.2, 0.25) is 0 Å². The summed E-state index contributed by atoms with van der Waals surface area (Å²) in [5, 5.41) is 2.95. The molecule has 0 aliphatic heterocycles. The van der Waals surface area contributed by atoms with Crippen molar-refractivity contribution in [2.24, 2.45) is 0 Å². The molecule has 0 aliphatic rings. The van der Waals surface area contributed by atoms with Crippen molar-refractivity contribution in [3.63, 3.8) is 0 Å². The van der Waals surface area contributed by atoms with E-state index in [0.717, 1.165) is 5.56 Å². The summed E-state index contributed by atoms with van der Waals surface area (Å²) in [5.41, 5.74) is 0.760. The molecule has 1 aromatic rings. The highest BCUT2D eigenvalue weighted by Gasteiger charge is 2.05. The largest absolute Gasteiger partial charge is 0.493 e. The maximum absolute atomic E-state index is 13.1. The van der Waals surface area contributed by atoms with Crippen LogP contribution in [0.4, 0.5) is 4.39 Å². The second-order valence-electron chi connectivity index (χ2n) is 3.81. The van der Waals surface area contributed by atoms with Crippen LogP contribution in [0.3, 0.4) is 0 Å². The number of rotatable bonds is 7. The van der Waals surface area contributed by atoms with Gasteiger partial charge in [0, 0.05) is 18.5 Å². The minimum atomic E-state index is -0.290. The summed E-state index contributed by atoms with van der Waals surface area (Å²) in [6.45, 7) is 0.932. The van der Waals surface area contributed by atoms with Gasteiger partial charge in [0.2, 0.25) is 0 Å². The molecule has 5 heteroatoms. The van der Waals surface area contributed by atoms with Gasteiger partial charge in [0.15, 0.2) is 0 Å². The molecular formula is C13H18FNO3. The molecule has 0 saturated heterocycles. The van der Waals surface area contributed by atoms with Gasteiger partial charge in [-0.15, -0.1) is 0 Å². The monoisotopic (exact) mass is 255 g/mol. The Hall–Kier alpha value is -1.62. The Balaban J connectivity index is 2.48. The Labute approximate surface area is 106 Å². The second kappa shape index (κ2) is 7.66. The van der Waals surface area contributed by atoms with Crippen molar-refractivity contribution in [3.05, 3.63) is 29.6 Å². The van der Waals surface area contributed by atoms with Gasteiger partial charge in [0.05, 0.1) is 13.7 Å². The molecule has 0 spiro atoms. The number of esters is 1. The molecule has 0 amide bonds. The van der Waals surface area contributed by atoms with E-state index in [-0.39, 0.29) is 11.8 Å². The summed E-state index contributed by atoms with van der Waals surface area (Å²) in [4.78, 5) is 10.9. The highest BCUT2D eigenvalue weighted by Crippen LogP contribution is 2.19. The SMILES string of the molecule is CNCc1cc(F)ccc1OCCCC(=O)OC. The number of benzene rings is 1. The van der Waals surface area contributed by atoms with Crippen LogP contribution in [-0.2, 0) is 16.1 Å². The molecule has 1 N–H and O–H groups in total. The Morgan fingerprint density at radius 1 is 1.44 bits per heavy atom. The third-order valence-corrected chi connectivity index (χ3v) is 2.40. The van der Waals surface area contributed by atoms with Crippen molar-refractivity contribution in [3.8, 4) is 5.75 Å². The summed E-state index contributed by atoms with van der Waals surface area (Å²) in [7, 11) is 3.14. The van der Waals surface area contributed by atoms with Crippen LogP contribution >= 0.6 is 0 Å². The van der Waals surface area contributed by atoms with Crippen molar-refractivity contribution in [2.45, 2.75) is 19.4 Å². The first-order valence-corrected chi connectivity index (χ1v) is 5.80. The van der Waals surface area contributed by atoms with E-state index in [0.29, 0.717) is 31.7 Å². The number of ether oxygens (including phenoxy) is 2. The molecule has 0 unspecified atom stereocenters. The lowest BCUT2D eigenvalue weighted by molar-refractivity contribution is -0.140. The first kappa shape index (κ1) is 14.4. The number of nitrogens with one attached hydrogen (secondary N) is 1. The molecule has 18 heavy (non-hydrogen) atoms. The number of methoxy groups -OCH3 is 1. The van der Waals surface area contributed by atoms with Gasteiger partial charge in [0.25, 0.3) is 0 Å². The number of hydrogen-bond donors (Lipinski definition) is 1. The van der Waals surface area contributed by atoms with Crippen molar-refractivity contribution >= 4 is 5.97 Å². The Kier molecular flexibility index (Phi) is 6.14. The van der Waals surface area contributed by atoms with Crippen LogP contribution in [0.5, 0.6) is 5.75 Å². The van der Waals surface area contributed by atoms with E-state index >= 15 is 0 Å². The average Bonchev–Trinajstić information content (AvgIpc) is 2.36. The van der Waals surface area contributed by atoms with Crippen LogP contribution in [0.25, 0.3) is 0 Å². The van der Waals surface area contributed by atoms with E-state index in [1.165, 1.54) is 19.2 Å². The lowest BCUT2D eigenvalue weighted by Crippen LogP contribution is -2.09. The zero-order valence-electron chi connectivity index (χ0n) is 10.7. The summed E-state index contributed by atoms with van der Waals surface area (Å²) in [6, 6.07) is 4.39. The van der Waals surface area contributed by atoms with E-state index in [9.17, 15) is 9.18 Å². The molecule has 0 atom stereocenters. The summed E-state index contributed by atoms with van der Waals surface area (Å²) in [6.07, 6.45) is 0.891. The minimum absolute atomic E-state index is 0.256. The molecule has 4 nitrogen and oxygen atoms in total. The fraction of sp³-hybridized carbons (Fsp3) is 0.462. The first-order valence-electron chi connectivity index (χ1n) is 5.80. The molecular weight excluding hydrogens is 237 g/mol. The van der Waals surface area contributed by atoms with Gasteiger partial charge < -0.3 is 14.8 Å². The van der Waals surface area contributed by atoms with Crippen molar-refractivity contribution in [2.75, 3.05) is 20.8 Å². The maximum Gasteiger partial charge on any atom is 0.305 e. The second-order valence-corrected chi connectivity index (χ2v) is 3.81. The third-order valence-electron chi connectivity index (χ3n) is 2.40. The normalized spacial score (nSPS) is 10.2. The molecule has 0 aliphatic carbocycles. The van der Waals surface area contributed by atoms with Crippen LogP contribution in [-0.4, -0.2) is 26.7 Å². The fourth-order valence-corrected chi connectivity index (χ4v) is 1.52. The number of hydrogen-bond acceptors (Lipinski definition) is 4. The number of halogens is 1. The molecule has 100 valence electrons. The molecule has 0 bridgehead atoms. The zero-order chi connectivity index (χ0) is 13.4. The number of carbonyl (C=O) groups excluding carboxylic acids is 1. The van der Waals surface area contributed by atoms with Crippen LogP contribution in [0.1, 0.15) is 18.4 Å². The summed E-state index contributed by atoms with van der Waals surface area (Å²) < 4.78 is 23.1. The highest BCUT2D eigenvalue weighted by atomic mass is 19.1. The lowest BCUT2D eigenvalue weighted by atomic mass is 10.2. The Morgan fingerprint density at radius 3 is 2.89 bits per heavy atom. The number of carbonyl (C=O) groups is 1. The van der Waals surface area contributed by atoms with E-state index in [1.54, 1.807) is 13.1 Å². The Morgan fingerprint density at radius 2 is 2.22 bits per heavy atom. The average molecular weight is 255 g/mol. The Bertz CT molecular complexity index is 396. The van der Waals surface area contributed by atoms with Gasteiger partial charge in [-0.3, -0.25) is 4.79 Å². The van der Waals surface area contributed by atoms with E-state index < -0.39 is 0 Å². The molecule has 0 fully saturated rings. The smallest absolute Gasteiger partial charge is 0.305 e. The van der Waals surface area contributed by atoms with Gasteiger partial charge in [-0.25, -0.2) is 4.39 Å². The third kappa shape index (κ3) is 4.71. The van der Waals surface area contributed by atoms with Crippen molar-refractivity contribution in [1.82, 2.24) is 5.32 Å². The van der Waals surface area contributed by atoms with Gasteiger partial charge in [-0.1, -0.05) is 0 Å². The van der Waals surface area contributed by atoms with Gasteiger partial charge >= 0.3 is 5.97 Å². The molecule has 0 saturated carbocycles. The molecule has 1 aromatic carbocycles. The van der Waals surface area contributed by atoms with Gasteiger partial charge in [-0.05, 0) is 31.7 Å². The van der Waals surface area contributed by atoms with E-state index in [4.69, 9.17) is 4.74 Å². The van der Waals surface area contributed by atoms with Gasteiger partial charge in [-0.2, -0.15) is 0 Å². The predicted molar refractivity (Wildman–Crippen MR) is 65.9 cm³/mol. The molecule has 0 heterocycles. The maximum atomic E-state index is 13.1. The van der Waals surface area contributed by atoms with Crippen LogP contribution in [0.15, 0.2) is 18.2 Å². The lowest BCUT2D eigenvalue weighted by Gasteiger charge is -2.11. The van der Waals surface area contributed by atoms with Gasteiger partial charge in [0.1, 0.15) is 11.6 Å². The minimum Gasteiger partial charge on any atom is -0.493 e. The summed E-state index contributed by atoms with van der Waals surface area (Å²) >= 11 is 0. The predicted octanol–water partition coefficient (Wildman–Crippen LogP) is 1.88. The quantitative estimate of drug-likeness (QED) is 0.597. The zero-order valence-corrected chi connectivity index (χ0v) is 10.7. The highest BCUT2D eigenvalue weighted by molar-refractivity contribution is 5.69. The van der Waals surface area contributed by atoms with E-state index in [2.05, 4.69) is 10.1 Å². The van der Waals surface area contributed by atoms with Crippen molar-refractivity contribution < 1.29 is 18.7 Å². The standard InChI is InChI=1S/C13H18FNO3/c1-15-9-10-8-11(14)5-6-12(10)18-7-3-4-13(16)17-2/h5-6,8,15H,3-4,7,9H2,1-2H3. The first-order chi connectivity index (χ1) is 8.67. The molecule has 1 rings (SSSR count). The molecule has 0 radical (unpaired) electrons. The molecule has 0 aromatic heterocycles. The van der Waals surface area contributed by atoms with E-state index in [1.807, 2.05) is 0 Å². The van der Waals surface area contributed by atoms with Crippen molar-refractivity contribution in [1.29, 1.82) is 0 Å². The topological polar surface area (TPSA) is 47.6 Å².